The van der Waals surface area contributed by atoms with Gasteiger partial charge in [-0.15, -0.1) is 0 Å². The molecule has 1 amide bonds. The van der Waals surface area contributed by atoms with Crippen LogP contribution in [-0.2, 0) is 11.3 Å². The van der Waals surface area contributed by atoms with Crippen molar-refractivity contribution in [2.45, 2.75) is 6.54 Å². The molecule has 0 saturated heterocycles. The van der Waals surface area contributed by atoms with Gasteiger partial charge in [0.05, 0.1) is 23.1 Å². The third kappa shape index (κ3) is 4.32. The number of halogens is 1. The van der Waals surface area contributed by atoms with Crippen LogP contribution in [0.4, 0.5) is 5.69 Å². The van der Waals surface area contributed by atoms with E-state index < -0.39 is 10.7 Å². The number of hydrogen-bond donors (Lipinski definition) is 0. The molecule has 1 aromatic heterocycles. The van der Waals surface area contributed by atoms with Crippen LogP contribution in [0.5, 0.6) is 5.75 Å². The summed E-state index contributed by atoms with van der Waals surface area (Å²) in [6, 6.07) is 10.7. The lowest BCUT2D eigenvalue weighted by Gasteiger charge is -2.17. The molecule has 0 aliphatic rings. The third-order valence-corrected chi connectivity index (χ3v) is 4.31. The maximum absolute atomic E-state index is 12.4. The number of likely N-dealkylation sites (N-methyl/N-ethyl adjacent to an activating group) is 1. The Morgan fingerprint density at radius 1 is 1.32 bits per heavy atom. The molecule has 0 bridgehead atoms. The Morgan fingerprint density at radius 2 is 2.11 bits per heavy atom. The van der Waals surface area contributed by atoms with Crippen molar-refractivity contribution in [2.75, 3.05) is 20.2 Å². The second-order valence-electron chi connectivity index (χ2n) is 5.98. The van der Waals surface area contributed by atoms with Crippen molar-refractivity contribution < 1.29 is 18.9 Å². The van der Waals surface area contributed by atoms with E-state index >= 15 is 0 Å². The van der Waals surface area contributed by atoms with Crippen molar-refractivity contribution in [2.24, 2.45) is 0 Å². The topological polar surface area (TPSA) is 108 Å². The van der Waals surface area contributed by atoms with Gasteiger partial charge in [-0.1, -0.05) is 17.7 Å². The first-order valence-corrected chi connectivity index (χ1v) is 8.63. The normalized spacial score (nSPS) is 10.8. The van der Waals surface area contributed by atoms with E-state index in [-0.39, 0.29) is 30.3 Å². The van der Waals surface area contributed by atoms with Crippen LogP contribution in [0, 0.1) is 10.1 Å². The van der Waals surface area contributed by atoms with E-state index in [1.807, 2.05) is 0 Å². The second kappa shape index (κ2) is 8.13. The number of hydrogen-bond acceptors (Lipinski definition) is 6. The van der Waals surface area contributed by atoms with Crippen molar-refractivity contribution in [1.29, 1.82) is 0 Å². The van der Waals surface area contributed by atoms with Crippen LogP contribution in [0.3, 0.4) is 0 Å². The number of oxazole rings is 1. The number of benzene rings is 2. The van der Waals surface area contributed by atoms with Gasteiger partial charge in [0.2, 0.25) is 5.91 Å². The number of ether oxygens (including phenoxy) is 1. The van der Waals surface area contributed by atoms with E-state index in [0.29, 0.717) is 22.8 Å². The Hall–Kier alpha value is -3.33. The number of rotatable bonds is 7. The molecule has 2 aromatic carbocycles. The second-order valence-corrected chi connectivity index (χ2v) is 6.42. The van der Waals surface area contributed by atoms with Crippen molar-refractivity contribution in [1.82, 2.24) is 9.47 Å². The van der Waals surface area contributed by atoms with Crippen LogP contribution in [0.15, 0.2) is 51.7 Å². The quantitative estimate of drug-likeness (QED) is 0.441. The standard InChI is InChI=1S/C18H16ClN3O6/c1-20(7-8-27-14-4-2-3-12(19)9-14)17(23)11-21-15-6-5-13(22(25)26)10-16(15)28-18(21)24/h2-6,9-10H,7-8,11H2,1H3. The van der Waals surface area contributed by atoms with Crippen LogP contribution in [-0.4, -0.2) is 40.5 Å². The summed E-state index contributed by atoms with van der Waals surface area (Å²) in [5.41, 5.74) is 0.168. The number of nitrogens with zero attached hydrogens (tertiary/aromatic N) is 3. The summed E-state index contributed by atoms with van der Waals surface area (Å²) in [6.45, 7) is 0.286. The minimum absolute atomic E-state index is 0.0546. The van der Waals surface area contributed by atoms with Crippen LogP contribution in [0.25, 0.3) is 11.1 Å². The van der Waals surface area contributed by atoms with Gasteiger partial charge in [-0.25, -0.2) is 4.79 Å². The summed E-state index contributed by atoms with van der Waals surface area (Å²) >= 11 is 5.88. The molecule has 3 rings (SSSR count). The number of nitro groups is 1. The number of carbonyl (C=O) groups is 1. The predicted molar refractivity (Wildman–Crippen MR) is 102 cm³/mol. The number of aromatic nitrogens is 1. The van der Waals surface area contributed by atoms with Gasteiger partial charge in [0.25, 0.3) is 5.69 Å². The lowest BCUT2D eigenvalue weighted by Crippen LogP contribution is -2.35. The van der Waals surface area contributed by atoms with Crippen molar-refractivity contribution in [3.8, 4) is 5.75 Å². The zero-order chi connectivity index (χ0) is 20.3. The Morgan fingerprint density at radius 3 is 2.82 bits per heavy atom. The van der Waals surface area contributed by atoms with Crippen molar-refractivity contribution >= 4 is 34.3 Å². The molecule has 10 heteroatoms. The molecule has 0 spiro atoms. The Balaban J connectivity index is 1.64. The lowest BCUT2D eigenvalue weighted by molar-refractivity contribution is -0.384. The Kier molecular flexibility index (Phi) is 5.65. The zero-order valence-electron chi connectivity index (χ0n) is 14.8. The first kappa shape index (κ1) is 19.4. The number of nitro benzene ring substituents is 1. The highest BCUT2D eigenvalue weighted by molar-refractivity contribution is 6.30. The molecule has 0 fully saturated rings. The van der Waals surface area contributed by atoms with E-state index in [2.05, 4.69) is 0 Å². The van der Waals surface area contributed by atoms with Gasteiger partial charge in [0, 0.05) is 18.1 Å². The van der Waals surface area contributed by atoms with Gasteiger partial charge in [0.15, 0.2) is 5.58 Å². The summed E-state index contributed by atoms with van der Waals surface area (Å²) in [6.07, 6.45) is 0. The molecule has 0 atom stereocenters. The third-order valence-electron chi connectivity index (χ3n) is 4.07. The van der Waals surface area contributed by atoms with Gasteiger partial charge < -0.3 is 14.1 Å². The van der Waals surface area contributed by atoms with Crippen LogP contribution < -0.4 is 10.5 Å². The van der Waals surface area contributed by atoms with E-state index in [0.717, 1.165) is 10.6 Å². The molecular formula is C18H16ClN3O6. The van der Waals surface area contributed by atoms with Gasteiger partial charge in [0.1, 0.15) is 18.9 Å². The molecule has 28 heavy (non-hydrogen) atoms. The average molecular weight is 406 g/mol. The van der Waals surface area contributed by atoms with E-state index in [1.165, 1.54) is 17.0 Å². The molecule has 3 aromatic rings. The van der Waals surface area contributed by atoms with Gasteiger partial charge in [-0.2, -0.15) is 0 Å². The average Bonchev–Trinajstić information content (AvgIpc) is 2.96. The fraction of sp³-hybridized carbons (Fsp3) is 0.222. The molecule has 0 aliphatic heterocycles. The number of non-ortho nitro benzene ring substituents is 1. The minimum atomic E-state index is -0.757. The molecule has 0 saturated carbocycles. The summed E-state index contributed by atoms with van der Waals surface area (Å²) in [7, 11) is 1.59. The largest absolute Gasteiger partial charge is 0.492 e. The van der Waals surface area contributed by atoms with Crippen LogP contribution in [0.2, 0.25) is 5.02 Å². The molecule has 146 valence electrons. The fourth-order valence-electron chi connectivity index (χ4n) is 2.56. The molecule has 9 nitrogen and oxygen atoms in total. The molecule has 1 heterocycles. The van der Waals surface area contributed by atoms with Gasteiger partial charge in [-0.05, 0) is 24.3 Å². The molecule has 0 aliphatic carbocycles. The summed E-state index contributed by atoms with van der Waals surface area (Å²) in [5.74, 6) is -0.503. The summed E-state index contributed by atoms with van der Waals surface area (Å²) in [4.78, 5) is 36.1. The fourth-order valence-corrected chi connectivity index (χ4v) is 2.74. The highest BCUT2D eigenvalue weighted by Crippen LogP contribution is 2.20. The number of amides is 1. The van der Waals surface area contributed by atoms with Crippen molar-refractivity contribution in [3.05, 3.63) is 68.2 Å². The molecule has 0 radical (unpaired) electrons. The Labute approximate surface area is 163 Å². The maximum Gasteiger partial charge on any atom is 0.420 e. The SMILES string of the molecule is CN(CCOc1cccc(Cl)c1)C(=O)Cn1c(=O)oc2cc([N+](=O)[O-])ccc21. The molecular weight excluding hydrogens is 390 g/mol. The first-order chi connectivity index (χ1) is 13.3. The van der Waals surface area contributed by atoms with Gasteiger partial charge in [-0.3, -0.25) is 19.5 Å². The van der Waals surface area contributed by atoms with E-state index in [9.17, 15) is 19.7 Å². The predicted octanol–water partition coefficient (Wildman–Crippen LogP) is 2.69. The van der Waals surface area contributed by atoms with Crippen LogP contribution in [0.1, 0.15) is 0 Å². The minimum Gasteiger partial charge on any atom is -0.492 e. The molecule has 0 N–H and O–H groups in total. The molecule has 0 unspecified atom stereocenters. The van der Waals surface area contributed by atoms with Gasteiger partial charge >= 0.3 is 5.76 Å². The Bertz CT molecular complexity index is 1090. The monoisotopic (exact) mass is 405 g/mol. The van der Waals surface area contributed by atoms with Crippen molar-refractivity contribution in [3.63, 3.8) is 0 Å². The zero-order valence-corrected chi connectivity index (χ0v) is 15.6. The summed E-state index contributed by atoms with van der Waals surface area (Å²) in [5, 5.41) is 11.4. The first-order valence-electron chi connectivity index (χ1n) is 8.25. The van der Waals surface area contributed by atoms with Crippen LogP contribution >= 0.6 is 11.6 Å². The lowest BCUT2D eigenvalue weighted by atomic mass is 10.3. The van der Waals surface area contributed by atoms with E-state index in [4.69, 9.17) is 20.8 Å². The highest BCUT2D eigenvalue weighted by Gasteiger charge is 2.18. The summed E-state index contributed by atoms with van der Waals surface area (Å²) < 4.78 is 11.7. The highest BCUT2D eigenvalue weighted by atomic mass is 35.5. The van der Waals surface area contributed by atoms with E-state index in [1.54, 1.807) is 31.3 Å². The smallest absolute Gasteiger partial charge is 0.420 e. The number of carbonyl (C=O) groups excluding carboxylic acids is 1. The maximum atomic E-state index is 12.4. The number of fused-ring (bicyclic) bond motifs is 1.